The minimum atomic E-state index is -0.262. The lowest BCUT2D eigenvalue weighted by molar-refractivity contribution is -0.143. The minimum absolute atomic E-state index is 0.262. The second-order valence-electron chi connectivity index (χ2n) is 4.07. The molecule has 0 spiro atoms. The summed E-state index contributed by atoms with van der Waals surface area (Å²) >= 11 is 0. The van der Waals surface area contributed by atoms with E-state index in [2.05, 4.69) is 12.1 Å². The average Bonchev–Trinajstić information content (AvgIpc) is 2.32. The molecule has 0 atom stereocenters. The van der Waals surface area contributed by atoms with Crippen LogP contribution in [0.1, 0.15) is 43.7 Å². The van der Waals surface area contributed by atoms with Gasteiger partial charge in [0.15, 0.2) is 0 Å². The van der Waals surface area contributed by atoms with Crippen LogP contribution in [0.25, 0.3) is 0 Å². The summed E-state index contributed by atoms with van der Waals surface area (Å²) in [6.45, 7) is 4.12. The molecule has 0 aliphatic carbocycles. The predicted octanol–water partition coefficient (Wildman–Crippen LogP) is 3.45. The Bertz CT molecular complexity index is 368. The summed E-state index contributed by atoms with van der Waals surface area (Å²) in [6.07, 6.45) is 5.02. The largest absolute Gasteiger partial charge is 0.335 e. The molecule has 0 saturated heterocycles. The molecular weight excluding hydrogens is 214 g/mol. The Kier molecular flexibility index (Phi) is 6.00. The zero-order valence-electron chi connectivity index (χ0n) is 10.5. The second kappa shape index (κ2) is 7.60. The van der Waals surface area contributed by atoms with Gasteiger partial charge in [-0.3, -0.25) is 0 Å². The van der Waals surface area contributed by atoms with E-state index >= 15 is 0 Å². The second-order valence-corrected chi connectivity index (χ2v) is 4.07. The Morgan fingerprint density at radius 3 is 2.65 bits per heavy atom. The van der Waals surface area contributed by atoms with Gasteiger partial charge in [0.2, 0.25) is 0 Å². The molecule has 0 N–H and O–H groups in total. The van der Waals surface area contributed by atoms with Crippen LogP contribution in [0.4, 0.5) is 0 Å². The zero-order valence-corrected chi connectivity index (χ0v) is 10.5. The number of oxime groups is 1. The maximum Gasteiger partial charge on any atom is 0.335 e. The number of rotatable bonds is 6. The van der Waals surface area contributed by atoms with Crippen molar-refractivity contribution in [3.63, 3.8) is 0 Å². The van der Waals surface area contributed by atoms with Crippen LogP contribution in [0.2, 0.25) is 0 Å². The third kappa shape index (κ3) is 5.85. The average molecular weight is 233 g/mol. The van der Waals surface area contributed by atoms with Gasteiger partial charge in [0, 0.05) is 6.42 Å². The summed E-state index contributed by atoms with van der Waals surface area (Å²) in [6, 6.07) is 7.85. The maximum absolute atomic E-state index is 11.2. The molecule has 1 aromatic rings. The number of hydrogen-bond acceptors (Lipinski definition) is 3. The smallest absolute Gasteiger partial charge is 0.318 e. The molecule has 1 aromatic carbocycles. The zero-order chi connectivity index (χ0) is 12.5. The Morgan fingerprint density at radius 1 is 1.29 bits per heavy atom. The van der Waals surface area contributed by atoms with E-state index in [1.165, 1.54) is 5.56 Å². The van der Waals surface area contributed by atoms with E-state index in [0.29, 0.717) is 6.42 Å². The molecule has 0 fully saturated rings. The lowest BCUT2D eigenvalue weighted by atomic mass is 10.2. The first kappa shape index (κ1) is 13.4. The molecule has 92 valence electrons. The lowest BCUT2D eigenvalue weighted by Gasteiger charge is -1.97. The highest BCUT2D eigenvalue weighted by molar-refractivity contribution is 5.80. The molecule has 0 aliphatic rings. The third-order valence-corrected chi connectivity index (χ3v) is 2.42. The Balaban J connectivity index is 2.29. The van der Waals surface area contributed by atoms with E-state index in [4.69, 9.17) is 4.84 Å². The van der Waals surface area contributed by atoms with E-state index in [9.17, 15) is 4.79 Å². The fraction of sp³-hybridized carbons (Fsp3) is 0.429. The predicted molar refractivity (Wildman–Crippen MR) is 69.0 cm³/mol. The van der Waals surface area contributed by atoms with Gasteiger partial charge in [-0.05, 0) is 18.9 Å². The van der Waals surface area contributed by atoms with Crippen molar-refractivity contribution in [2.24, 2.45) is 5.16 Å². The number of unbranched alkanes of at least 4 members (excludes halogenated alkanes) is 2. The third-order valence-electron chi connectivity index (χ3n) is 2.42. The van der Waals surface area contributed by atoms with Gasteiger partial charge in [0.1, 0.15) is 0 Å². The monoisotopic (exact) mass is 233 g/mol. The van der Waals surface area contributed by atoms with Crippen molar-refractivity contribution in [1.82, 2.24) is 0 Å². The van der Waals surface area contributed by atoms with Gasteiger partial charge in [0.25, 0.3) is 0 Å². The molecule has 0 amide bonds. The van der Waals surface area contributed by atoms with Crippen molar-refractivity contribution in [2.75, 3.05) is 0 Å². The van der Waals surface area contributed by atoms with Crippen LogP contribution in [0.15, 0.2) is 29.4 Å². The molecule has 0 bridgehead atoms. The van der Waals surface area contributed by atoms with E-state index in [-0.39, 0.29) is 5.97 Å². The van der Waals surface area contributed by atoms with Gasteiger partial charge in [0.05, 0.1) is 6.21 Å². The quantitative estimate of drug-likeness (QED) is 0.327. The fourth-order valence-electron chi connectivity index (χ4n) is 1.36. The van der Waals surface area contributed by atoms with E-state index < -0.39 is 0 Å². The number of aryl methyl sites for hydroxylation is 1. The van der Waals surface area contributed by atoms with E-state index in [0.717, 1.165) is 24.8 Å². The number of benzene rings is 1. The van der Waals surface area contributed by atoms with Crippen molar-refractivity contribution in [1.29, 1.82) is 0 Å². The summed E-state index contributed by atoms with van der Waals surface area (Å²) in [5.74, 6) is -0.262. The molecule has 0 aromatic heterocycles. The van der Waals surface area contributed by atoms with Crippen LogP contribution in [-0.2, 0) is 9.63 Å². The highest BCUT2D eigenvalue weighted by Gasteiger charge is 2.00. The lowest BCUT2D eigenvalue weighted by Crippen LogP contribution is -1.99. The molecule has 0 radical (unpaired) electrons. The minimum Gasteiger partial charge on any atom is -0.318 e. The molecule has 3 heteroatoms. The first-order chi connectivity index (χ1) is 8.22. The summed E-state index contributed by atoms with van der Waals surface area (Å²) < 4.78 is 0. The molecule has 1 rings (SSSR count). The van der Waals surface area contributed by atoms with Gasteiger partial charge >= 0.3 is 5.97 Å². The topological polar surface area (TPSA) is 38.7 Å². The fourth-order valence-corrected chi connectivity index (χ4v) is 1.36. The van der Waals surface area contributed by atoms with E-state index in [1.54, 1.807) is 6.21 Å². The van der Waals surface area contributed by atoms with Gasteiger partial charge in [-0.25, -0.2) is 4.79 Å². The van der Waals surface area contributed by atoms with Gasteiger partial charge in [-0.1, -0.05) is 54.8 Å². The number of carbonyl (C=O) groups is 1. The number of carbonyl (C=O) groups excluding carboxylic acids is 1. The maximum atomic E-state index is 11.2. The van der Waals surface area contributed by atoms with Crippen molar-refractivity contribution in [2.45, 2.75) is 39.5 Å². The van der Waals surface area contributed by atoms with Crippen LogP contribution in [0.3, 0.4) is 0 Å². The molecule has 0 unspecified atom stereocenters. The Labute approximate surface area is 102 Å². The first-order valence-corrected chi connectivity index (χ1v) is 6.02. The normalized spacial score (nSPS) is 10.7. The SMILES string of the molecule is CCCCCC(=O)O/N=C/c1ccc(C)cc1. The van der Waals surface area contributed by atoms with Crippen LogP contribution in [0, 0.1) is 6.92 Å². The van der Waals surface area contributed by atoms with Gasteiger partial charge in [-0.15, -0.1) is 0 Å². The van der Waals surface area contributed by atoms with Crippen LogP contribution >= 0.6 is 0 Å². The molecular formula is C14H19NO2. The van der Waals surface area contributed by atoms with Crippen LogP contribution in [-0.4, -0.2) is 12.2 Å². The van der Waals surface area contributed by atoms with Gasteiger partial charge in [-0.2, -0.15) is 0 Å². The summed E-state index contributed by atoms with van der Waals surface area (Å²) in [4.78, 5) is 16.0. The Morgan fingerprint density at radius 2 is 2.00 bits per heavy atom. The van der Waals surface area contributed by atoms with Crippen molar-refractivity contribution in [3.8, 4) is 0 Å². The highest BCUT2D eigenvalue weighted by atomic mass is 16.7. The number of nitrogens with zero attached hydrogens (tertiary/aromatic N) is 1. The van der Waals surface area contributed by atoms with Crippen LogP contribution in [0.5, 0.6) is 0 Å². The Hall–Kier alpha value is -1.64. The first-order valence-electron chi connectivity index (χ1n) is 6.02. The van der Waals surface area contributed by atoms with Crippen molar-refractivity contribution in [3.05, 3.63) is 35.4 Å². The number of hydrogen-bond donors (Lipinski definition) is 0. The molecule has 0 aliphatic heterocycles. The summed E-state index contributed by atoms with van der Waals surface area (Å²) in [5, 5.41) is 3.68. The molecule has 0 heterocycles. The highest BCUT2D eigenvalue weighted by Crippen LogP contribution is 2.02. The summed E-state index contributed by atoms with van der Waals surface area (Å²) in [5.41, 5.74) is 2.12. The molecule has 3 nitrogen and oxygen atoms in total. The van der Waals surface area contributed by atoms with Gasteiger partial charge < -0.3 is 4.84 Å². The standard InChI is InChI=1S/C14H19NO2/c1-3-4-5-6-14(16)17-15-11-13-9-7-12(2)8-10-13/h7-11H,3-6H2,1-2H3/b15-11+. The van der Waals surface area contributed by atoms with Crippen LogP contribution < -0.4 is 0 Å². The van der Waals surface area contributed by atoms with Crippen molar-refractivity contribution >= 4 is 12.2 Å². The summed E-state index contributed by atoms with van der Waals surface area (Å²) in [7, 11) is 0. The molecule has 17 heavy (non-hydrogen) atoms. The van der Waals surface area contributed by atoms with E-state index in [1.807, 2.05) is 31.2 Å². The molecule has 0 saturated carbocycles. The van der Waals surface area contributed by atoms with Crippen molar-refractivity contribution < 1.29 is 9.63 Å².